The number of amides is 3. The zero-order valence-electron chi connectivity index (χ0n) is 16.8. The van der Waals surface area contributed by atoms with Crippen molar-refractivity contribution in [2.75, 3.05) is 18.5 Å². The van der Waals surface area contributed by atoms with E-state index in [0.29, 0.717) is 24.6 Å². The standard InChI is InChI=1S/C20H22F3N5O2/c1-4-5-10-26-17(29)15-16(25(3)19(26)30)24-18-27(15)11-12(2)28(18)14-8-6-13(7-9-14)20(21,22)23/h6-9,11,15-16H,4-5,10H2,1-3H3. The number of urea groups is 1. The summed E-state index contributed by atoms with van der Waals surface area (Å²) in [5.41, 5.74) is 0.485. The maximum absolute atomic E-state index is 13.1. The van der Waals surface area contributed by atoms with Gasteiger partial charge in [-0.25, -0.2) is 9.79 Å². The van der Waals surface area contributed by atoms with Crippen LogP contribution in [0.5, 0.6) is 0 Å². The number of carbonyl (C=O) groups is 2. The van der Waals surface area contributed by atoms with E-state index in [4.69, 9.17) is 0 Å². The minimum absolute atomic E-state index is 0.311. The maximum Gasteiger partial charge on any atom is 0.416 e. The number of nitrogens with zero attached hydrogens (tertiary/aromatic N) is 5. The summed E-state index contributed by atoms with van der Waals surface area (Å²) in [6.07, 6.45) is -1.79. The van der Waals surface area contributed by atoms with Crippen molar-refractivity contribution in [3.05, 3.63) is 41.7 Å². The Labute approximate surface area is 172 Å². The minimum Gasteiger partial charge on any atom is -0.302 e. The van der Waals surface area contributed by atoms with Crippen molar-refractivity contribution in [3.8, 4) is 0 Å². The number of anilines is 1. The number of halogens is 3. The molecule has 1 aromatic rings. The molecular weight excluding hydrogens is 399 g/mol. The van der Waals surface area contributed by atoms with Gasteiger partial charge in [-0.2, -0.15) is 13.2 Å². The van der Waals surface area contributed by atoms with E-state index in [2.05, 4.69) is 4.99 Å². The third kappa shape index (κ3) is 3.01. The summed E-state index contributed by atoms with van der Waals surface area (Å²) in [5.74, 6) is 0.112. The molecule has 3 heterocycles. The Hall–Kier alpha value is -3.04. The molecule has 30 heavy (non-hydrogen) atoms. The molecule has 3 amide bonds. The van der Waals surface area contributed by atoms with Crippen LogP contribution in [-0.2, 0) is 11.0 Å². The number of guanidine groups is 1. The Morgan fingerprint density at radius 2 is 1.80 bits per heavy atom. The lowest BCUT2D eigenvalue weighted by Gasteiger charge is -2.40. The lowest BCUT2D eigenvalue weighted by atomic mass is 10.1. The molecule has 2 atom stereocenters. The number of fused-ring (bicyclic) bond motifs is 3. The number of imide groups is 1. The summed E-state index contributed by atoms with van der Waals surface area (Å²) in [7, 11) is 1.61. The molecule has 0 N–H and O–H groups in total. The Balaban J connectivity index is 1.65. The van der Waals surface area contributed by atoms with Crippen LogP contribution in [0.25, 0.3) is 0 Å². The number of aliphatic imine (C=N–C) groups is 1. The number of benzene rings is 1. The first-order chi connectivity index (χ1) is 14.1. The molecule has 0 aromatic heterocycles. The van der Waals surface area contributed by atoms with Gasteiger partial charge in [0.1, 0.15) is 0 Å². The van der Waals surface area contributed by atoms with E-state index >= 15 is 0 Å². The fraction of sp³-hybridized carbons (Fsp3) is 0.450. The van der Waals surface area contributed by atoms with E-state index in [0.717, 1.165) is 24.3 Å². The monoisotopic (exact) mass is 421 g/mol. The van der Waals surface area contributed by atoms with Gasteiger partial charge in [-0.3, -0.25) is 14.6 Å². The van der Waals surface area contributed by atoms with Gasteiger partial charge in [0.15, 0.2) is 12.2 Å². The maximum atomic E-state index is 13.1. The second-order valence-corrected chi connectivity index (χ2v) is 7.58. The summed E-state index contributed by atoms with van der Waals surface area (Å²) in [6, 6.07) is 3.70. The van der Waals surface area contributed by atoms with Gasteiger partial charge >= 0.3 is 12.2 Å². The third-order valence-corrected chi connectivity index (χ3v) is 5.58. The van der Waals surface area contributed by atoms with Crippen molar-refractivity contribution in [1.29, 1.82) is 0 Å². The summed E-state index contributed by atoms with van der Waals surface area (Å²) in [6.45, 7) is 4.12. The third-order valence-electron chi connectivity index (χ3n) is 5.58. The highest BCUT2D eigenvalue weighted by atomic mass is 19.4. The zero-order valence-corrected chi connectivity index (χ0v) is 16.8. The van der Waals surface area contributed by atoms with Crippen LogP contribution in [-0.4, -0.2) is 58.4 Å². The van der Waals surface area contributed by atoms with Crippen molar-refractivity contribution in [2.24, 2.45) is 4.99 Å². The van der Waals surface area contributed by atoms with Crippen LogP contribution in [0.1, 0.15) is 32.3 Å². The van der Waals surface area contributed by atoms with Crippen molar-refractivity contribution >= 4 is 23.6 Å². The molecular formula is C20H22F3N5O2. The fourth-order valence-corrected chi connectivity index (χ4v) is 3.99. The predicted octanol–water partition coefficient (Wildman–Crippen LogP) is 3.45. The molecule has 1 saturated heterocycles. The number of alkyl halides is 3. The van der Waals surface area contributed by atoms with Crippen molar-refractivity contribution in [1.82, 2.24) is 14.7 Å². The molecule has 0 radical (unpaired) electrons. The number of hydrogen-bond donors (Lipinski definition) is 0. The number of carbonyl (C=O) groups excluding carboxylic acids is 2. The van der Waals surface area contributed by atoms with Gasteiger partial charge in [0, 0.05) is 31.2 Å². The summed E-state index contributed by atoms with van der Waals surface area (Å²) in [5, 5.41) is 0. The Morgan fingerprint density at radius 1 is 1.13 bits per heavy atom. The van der Waals surface area contributed by atoms with Gasteiger partial charge in [0.2, 0.25) is 5.96 Å². The molecule has 4 rings (SSSR count). The molecule has 0 aliphatic carbocycles. The van der Waals surface area contributed by atoms with Gasteiger partial charge in [0.05, 0.1) is 5.56 Å². The Bertz CT molecular complexity index is 941. The highest BCUT2D eigenvalue weighted by Crippen LogP contribution is 2.37. The van der Waals surface area contributed by atoms with Gasteiger partial charge < -0.3 is 9.80 Å². The average molecular weight is 421 g/mol. The zero-order chi connectivity index (χ0) is 21.8. The molecule has 1 fully saturated rings. The second-order valence-electron chi connectivity index (χ2n) is 7.58. The van der Waals surface area contributed by atoms with Crippen molar-refractivity contribution in [2.45, 2.75) is 45.1 Å². The first-order valence-electron chi connectivity index (χ1n) is 9.75. The average Bonchev–Trinajstić information content (AvgIpc) is 3.20. The van der Waals surface area contributed by atoms with Gasteiger partial charge in [-0.15, -0.1) is 0 Å². The van der Waals surface area contributed by atoms with Crippen LogP contribution in [0.3, 0.4) is 0 Å². The number of rotatable bonds is 4. The molecule has 0 saturated carbocycles. The largest absolute Gasteiger partial charge is 0.416 e. The second kappa shape index (κ2) is 7.03. The van der Waals surface area contributed by atoms with E-state index in [1.807, 2.05) is 6.92 Å². The molecule has 160 valence electrons. The molecule has 10 heteroatoms. The van der Waals surface area contributed by atoms with E-state index in [9.17, 15) is 22.8 Å². The minimum atomic E-state index is -4.42. The van der Waals surface area contributed by atoms with Crippen molar-refractivity contribution in [3.63, 3.8) is 0 Å². The first kappa shape index (κ1) is 20.2. The van der Waals surface area contributed by atoms with Gasteiger partial charge in [-0.1, -0.05) is 13.3 Å². The molecule has 0 bridgehead atoms. The summed E-state index contributed by atoms with van der Waals surface area (Å²) < 4.78 is 38.7. The van der Waals surface area contributed by atoms with E-state index in [-0.39, 0.29) is 11.9 Å². The molecule has 1 aromatic carbocycles. The summed E-state index contributed by atoms with van der Waals surface area (Å²) >= 11 is 0. The number of allylic oxidation sites excluding steroid dienone is 1. The summed E-state index contributed by atoms with van der Waals surface area (Å²) in [4.78, 5) is 36.5. The Morgan fingerprint density at radius 3 is 2.40 bits per heavy atom. The van der Waals surface area contributed by atoms with Crippen LogP contribution in [0.15, 0.2) is 41.2 Å². The van der Waals surface area contributed by atoms with Crippen LogP contribution >= 0.6 is 0 Å². The van der Waals surface area contributed by atoms with Crippen molar-refractivity contribution < 1.29 is 22.8 Å². The normalized spacial score (nSPS) is 23.7. The van der Waals surface area contributed by atoms with Crippen LogP contribution in [0.4, 0.5) is 23.7 Å². The first-order valence-corrected chi connectivity index (χ1v) is 9.75. The molecule has 3 aliphatic heterocycles. The van der Waals surface area contributed by atoms with E-state index in [1.165, 1.54) is 21.9 Å². The van der Waals surface area contributed by atoms with Crippen LogP contribution in [0.2, 0.25) is 0 Å². The Kier molecular flexibility index (Phi) is 4.74. The van der Waals surface area contributed by atoms with E-state index in [1.54, 1.807) is 30.0 Å². The molecule has 3 aliphatic rings. The topological polar surface area (TPSA) is 59.5 Å². The highest BCUT2D eigenvalue weighted by Gasteiger charge is 2.54. The lowest BCUT2D eigenvalue weighted by molar-refractivity contribution is -0.138. The van der Waals surface area contributed by atoms with Crippen LogP contribution in [0, 0.1) is 0 Å². The van der Waals surface area contributed by atoms with Gasteiger partial charge in [-0.05, 0) is 37.6 Å². The van der Waals surface area contributed by atoms with Gasteiger partial charge in [0.25, 0.3) is 5.91 Å². The molecule has 0 spiro atoms. The number of hydrogen-bond acceptors (Lipinski definition) is 5. The fourth-order valence-electron chi connectivity index (χ4n) is 3.99. The smallest absolute Gasteiger partial charge is 0.302 e. The predicted molar refractivity (Wildman–Crippen MR) is 104 cm³/mol. The SMILES string of the molecule is CCCCN1C(=O)C2C(N=C3N(c4ccc(C(F)(F)F)cc4)C(C)=CN32)N(C)C1=O. The quantitative estimate of drug-likeness (QED) is 0.747. The number of likely N-dealkylation sites (N-methyl/N-ethyl adjacent to an activating group) is 1. The molecule has 7 nitrogen and oxygen atoms in total. The number of unbranched alkanes of at least 4 members (excludes halogenated alkanes) is 1. The van der Waals surface area contributed by atoms with Crippen LogP contribution < -0.4 is 4.90 Å². The molecule has 2 unspecified atom stereocenters. The van der Waals surface area contributed by atoms with E-state index < -0.39 is 23.9 Å². The highest BCUT2D eigenvalue weighted by molar-refractivity contribution is 6.09. The lowest BCUT2D eigenvalue weighted by Crippen LogP contribution is -2.64.